The van der Waals surface area contributed by atoms with Gasteiger partial charge in [0.1, 0.15) is 6.10 Å². The molecule has 2 atom stereocenters. The fraction of sp³-hybridized carbons (Fsp3) is 0.875. The monoisotopic (exact) mass is 174 g/mol. The Morgan fingerprint density at radius 3 is 2.67 bits per heavy atom. The van der Waals surface area contributed by atoms with E-state index in [0.717, 1.165) is 6.29 Å². The predicted molar refractivity (Wildman–Crippen MR) is 41.6 cm³/mol. The quantitative estimate of drug-likeness (QED) is 0.616. The highest BCUT2D eigenvalue weighted by Crippen LogP contribution is 2.28. The minimum absolute atomic E-state index is 0.00838. The molecule has 0 amide bonds. The largest absolute Gasteiger partial charge is 0.396 e. The van der Waals surface area contributed by atoms with Gasteiger partial charge < -0.3 is 19.4 Å². The van der Waals surface area contributed by atoms with Crippen LogP contribution in [0.2, 0.25) is 0 Å². The molecule has 0 saturated carbocycles. The van der Waals surface area contributed by atoms with E-state index < -0.39 is 11.9 Å². The zero-order valence-electron chi connectivity index (χ0n) is 7.32. The first-order valence-electron chi connectivity index (χ1n) is 4.01. The highest BCUT2D eigenvalue weighted by Gasteiger charge is 2.40. The molecule has 1 saturated heterocycles. The van der Waals surface area contributed by atoms with Gasteiger partial charge in [-0.3, -0.25) is 0 Å². The number of aliphatic hydroxyl groups excluding tert-OH is 1. The first-order valence-corrected chi connectivity index (χ1v) is 4.01. The first kappa shape index (κ1) is 9.64. The van der Waals surface area contributed by atoms with Crippen molar-refractivity contribution in [1.29, 1.82) is 0 Å². The third-order valence-electron chi connectivity index (χ3n) is 1.77. The molecule has 0 aromatic carbocycles. The van der Waals surface area contributed by atoms with Crippen molar-refractivity contribution < 1.29 is 19.4 Å². The van der Waals surface area contributed by atoms with Gasteiger partial charge in [-0.25, -0.2) is 0 Å². The van der Waals surface area contributed by atoms with Crippen LogP contribution >= 0.6 is 0 Å². The summed E-state index contributed by atoms with van der Waals surface area (Å²) in [5, 5.41) is 8.66. The Morgan fingerprint density at radius 1 is 1.50 bits per heavy atom. The molecule has 1 unspecified atom stereocenters. The average Bonchev–Trinajstić information content (AvgIpc) is 2.26. The van der Waals surface area contributed by atoms with Crippen molar-refractivity contribution in [1.82, 2.24) is 0 Å². The molecule has 4 heteroatoms. The molecule has 1 aliphatic rings. The molecule has 4 nitrogen and oxygen atoms in total. The smallest absolute Gasteiger partial charge is 0.164 e. The third-order valence-corrected chi connectivity index (χ3v) is 1.77. The maximum Gasteiger partial charge on any atom is 0.164 e. The SMILES string of the molecule is CC1(C)OC(C=O)[C@@H](CCO)O1. The van der Waals surface area contributed by atoms with Crippen LogP contribution in [0.1, 0.15) is 20.3 Å². The van der Waals surface area contributed by atoms with Gasteiger partial charge in [0.25, 0.3) is 0 Å². The average molecular weight is 174 g/mol. The van der Waals surface area contributed by atoms with Gasteiger partial charge in [0, 0.05) is 6.61 Å². The highest BCUT2D eigenvalue weighted by atomic mass is 16.8. The molecule has 0 aliphatic carbocycles. The van der Waals surface area contributed by atoms with Gasteiger partial charge in [0.2, 0.25) is 0 Å². The zero-order valence-corrected chi connectivity index (χ0v) is 7.32. The second-order valence-electron chi connectivity index (χ2n) is 3.29. The number of hydrogen-bond donors (Lipinski definition) is 1. The van der Waals surface area contributed by atoms with E-state index in [1.165, 1.54) is 0 Å². The van der Waals surface area contributed by atoms with Crippen molar-refractivity contribution in [2.45, 2.75) is 38.3 Å². The number of aldehydes is 1. The van der Waals surface area contributed by atoms with Crippen molar-refractivity contribution >= 4 is 6.29 Å². The molecule has 70 valence electrons. The first-order chi connectivity index (χ1) is 5.59. The van der Waals surface area contributed by atoms with Crippen LogP contribution in [0.3, 0.4) is 0 Å². The Balaban J connectivity index is 2.56. The van der Waals surface area contributed by atoms with Crippen LogP contribution in [-0.4, -0.2) is 36.0 Å². The molecule has 0 bridgehead atoms. The fourth-order valence-corrected chi connectivity index (χ4v) is 1.33. The number of ether oxygens (including phenoxy) is 2. The lowest BCUT2D eigenvalue weighted by molar-refractivity contribution is -0.150. The third kappa shape index (κ3) is 2.03. The van der Waals surface area contributed by atoms with E-state index >= 15 is 0 Å². The van der Waals surface area contributed by atoms with Gasteiger partial charge in [-0.05, 0) is 20.3 Å². The summed E-state index contributed by atoms with van der Waals surface area (Å²) in [6.07, 6.45) is 0.316. The van der Waals surface area contributed by atoms with Gasteiger partial charge in [-0.1, -0.05) is 0 Å². The van der Waals surface area contributed by atoms with Crippen LogP contribution < -0.4 is 0 Å². The van der Waals surface area contributed by atoms with E-state index in [9.17, 15) is 4.79 Å². The van der Waals surface area contributed by atoms with Gasteiger partial charge >= 0.3 is 0 Å². The molecule has 0 aromatic heterocycles. The van der Waals surface area contributed by atoms with Gasteiger partial charge in [0.15, 0.2) is 12.1 Å². The van der Waals surface area contributed by atoms with Crippen molar-refractivity contribution in [2.24, 2.45) is 0 Å². The summed E-state index contributed by atoms with van der Waals surface area (Å²) in [6, 6.07) is 0. The summed E-state index contributed by atoms with van der Waals surface area (Å²) in [5.74, 6) is -0.703. The zero-order chi connectivity index (χ0) is 9.19. The molecule has 12 heavy (non-hydrogen) atoms. The lowest BCUT2D eigenvalue weighted by Crippen LogP contribution is -2.24. The molecule has 1 fully saturated rings. The Bertz CT molecular complexity index is 166. The van der Waals surface area contributed by atoms with E-state index in [4.69, 9.17) is 14.6 Å². The van der Waals surface area contributed by atoms with Crippen LogP contribution in [0.5, 0.6) is 0 Å². The Morgan fingerprint density at radius 2 is 2.17 bits per heavy atom. The van der Waals surface area contributed by atoms with Gasteiger partial charge in [-0.15, -0.1) is 0 Å². The predicted octanol–water partition coefficient (Wildman–Crippen LogP) is 0.0878. The summed E-state index contributed by atoms with van der Waals surface area (Å²) in [5.41, 5.74) is 0. The number of hydrogen-bond acceptors (Lipinski definition) is 4. The summed E-state index contributed by atoms with van der Waals surface area (Å²) in [4.78, 5) is 10.5. The van der Waals surface area contributed by atoms with Crippen molar-refractivity contribution in [2.75, 3.05) is 6.61 Å². The number of carbonyl (C=O) groups excluding carboxylic acids is 1. The second-order valence-corrected chi connectivity index (χ2v) is 3.29. The molecule has 0 spiro atoms. The highest BCUT2D eigenvalue weighted by molar-refractivity contribution is 5.57. The Hall–Kier alpha value is -0.450. The van der Waals surface area contributed by atoms with Gasteiger partial charge in [-0.2, -0.15) is 0 Å². The molecule has 1 heterocycles. The topological polar surface area (TPSA) is 55.8 Å². The minimum Gasteiger partial charge on any atom is -0.396 e. The Kier molecular flexibility index (Phi) is 2.82. The molecule has 0 radical (unpaired) electrons. The minimum atomic E-state index is -0.703. The maximum absolute atomic E-state index is 10.5. The molecule has 0 aromatic rings. The standard InChI is InChI=1S/C8H14O4/c1-8(2)11-6(3-4-9)7(5-10)12-8/h5-7,9H,3-4H2,1-2H3/t6-,7?/m1/s1. The Labute approximate surface area is 71.5 Å². The lowest BCUT2D eigenvalue weighted by Gasteiger charge is -2.16. The van der Waals surface area contributed by atoms with Crippen LogP contribution in [0.4, 0.5) is 0 Å². The molecule has 1 N–H and O–H groups in total. The molecule has 1 aliphatic heterocycles. The summed E-state index contributed by atoms with van der Waals surface area (Å²) < 4.78 is 10.6. The lowest BCUT2D eigenvalue weighted by atomic mass is 10.2. The van der Waals surface area contributed by atoms with E-state index in [2.05, 4.69) is 0 Å². The van der Waals surface area contributed by atoms with Crippen molar-refractivity contribution in [3.63, 3.8) is 0 Å². The van der Waals surface area contributed by atoms with E-state index in [-0.39, 0.29) is 12.7 Å². The van der Waals surface area contributed by atoms with E-state index in [1.54, 1.807) is 13.8 Å². The van der Waals surface area contributed by atoms with Gasteiger partial charge in [0.05, 0.1) is 6.10 Å². The number of aliphatic hydroxyl groups is 1. The van der Waals surface area contributed by atoms with Crippen molar-refractivity contribution in [3.05, 3.63) is 0 Å². The summed E-state index contributed by atoms with van der Waals surface area (Å²) in [7, 11) is 0. The summed E-state index contributed by atoms with van der Waals surface area (Å²) >= 11 is 0. The molecular formula is C8H14O4. The second kappa shape index (κ2) is 3.51. The fourth-order valence-electron chi connectivity index (χ4n) is 1.33. The maximum atomic E-state index is 10.5. The number of rotatable bonds is 3. The molecule has 1 rings (SSSR count). The van der Waals surface area contributed by atoms with Crippen LogP contribution in [0.15, 0.2) is 0 Å². The summed E-state index contributed by atoms with van der Waals surface area (Å²) in [6.45, 7) is 3.51. The van der Waals surface area contributed by atoms with Crippen LogP contribution in [-0.2, 0) is 14.3 Å². The van der Waals surface area contributed by atoms with Crippen LogP contribution in [0.25, 0.3) is 0 Å². The normalized spacial score (nSPS) is 33.6. The van der Waals surface area contributed by atoms with E-state index in [1.807, 2.05) is 0 Å². The van der Waals surface area contributed by atoms with E-state index in [0.29, 0.717) is 6.42 Å². The number of carbonyl (C=O) groups is 1. The van der Waals surface area contributed by atoms with Crippen molar-refractivity contribution in [3.8, 4) is 0 Å². The molecular weight excluding hydrogens is 160 g/mol. The van der Waals surface area contributed by atoms with Crippen LogP contribution in [0, 0.1) is 0 Å².